The first-order valence-electron chi connectivity index (χ1n) is 6.96. The lowest BCUT2D eigenvalue weighted by molar-refractivity contribution is -0.149. The van der Waals surface area contributed by atoms with Gasteiger partial charge in [-0.2, -0.15) is 0 Å². The van der Waals surface area contributed by atoms with Gasteiger partial charge in [0.05, 0.1) is 13.0 Å². The van der Waals surface area contributed by atoms with Crippen LogP contribution < -0.4 is 5.32 Å². The number of alkyl carbamates (subject to hydrolysis) is 1. The fourth-order valence-electron chi connectivity index (χ4n) is 2.41. The van der Waals surface area contributed by atoms with Crippen LogP contribution in [-0.2, 0) is 14.3 Å². The minimum Gasteiger partial charge on any atom is -0.469 e. The van der Waals surface area contributed by atoms with Crippen LogP contribution in [0.2, 0.25) is 0 Å². The molecule has 1 aliphatic rings. The highest BCUT2D eigenvalue weighted by Crippen LogP contribution is 2.23. The van der Waals surface area contributed by atoms with E-state index < -0.39 is 11.7 Å². The van der Waals surface area contributed by atoms with Gasteiger partial charge in [0.25, 0.3) is 0 Å². The maximum absolute atomic E-state index is 11.8. The SMILES string of the molecule is COC(=O)C1CCN(C)CC1CNC(=O)OC(C)(C)C. The maximum atomic E-state index is 11.8. The molecule has 2 unspecified atom stereocenters. The van der Waals surface area contributed by atoms with Gasteiger partial charge in [-0.3, -0.25) is 4.79 Å². The Kier molecular flexibility index (Phi) is 5.80. The van der Waals surface area contributed by atoms with E-state index in [1.807, 2.05) is 27.8 Å². The summed E-state index contributed by atoms with van der Waals surface area (Å²) in [4.78, 5) is 25.6. The molecule has 6 nitrogen and oxygen atoms in total. The maximum Gasteiger partial charge on any atom is 0.407 e. The van der Waals surface area contributed by atoms with Crippen molar-refractivity contribution in [2.24, 2.45) is 11.8 Å². The van der Waals surface area contributed by atoms with Crippen molar-refractivity contribution >= 4 is 12.1 Å². The smallest absolute Gasteiger partial charge is 0.407 e. The number of piperidine rings is 1. The summed E-state index contributed by atoms with van der Waals surface area (Å²) in [6.45, 7) is 7.49. The Morgan fingerprint density at radius 2 is 2.00 bits per heavy atom. The first kappa shape index (κ1) is 16.8. The van der Waals surface area contributed by atoms with Gasteiger partial charge in [0, 0.05) is 19.0 Å². The molecule has 0 bridgehead atoms. The normalized spacial score (nSPS) is 24.1. The quantitative estimate of drug-likeness (QED) is 0.791. The second-order valence-corrected chi connectivity index (χ2v) is 6.32. The summed E-state index contributed by atoms with van der Waals surface area (Å²) in [7, 11) is 3.41. The number of nitrogens with zero attached hydrogens (tertiary/aromatic N) is 1. The number of carbonyl (C=O) groups is 2. The zero-order chi connectivity index (χ0) is 15.3. The highest BCUT2D eigenvalue weighted by molar-refractivity contribution is 5.73. The molecule has 6 heteroatoms. The Morgan fingerprint density at radius 1 is 1.35 bits per heavy atom. The Labute approximate surface area is 120 Å². The van der Waals surface area contributed by atoms with Gasteiger partial charge in [0.2, 0.25) is 0 Å². The highest BCUT2D eigenvalue weighted by Gasteiger charge is 2.34. The lowest BCUT2D eigenvalue weighted by atomic mass is 9.85. The molecular formula is C14H26N2O4. The van der Waals surface area contributed by atoms with E-state index in [1.54, 1.807) is 0 Å². The number of amides is 1. The molecule has 0 aromatic rings. The summed E-state index contributed by atoms with van der Waals surface area (Å²) in [6, 6.07) is 0. The molecule has 0 spiro atoms. The second kappa shape index (κ2) is 6.92. The van der Waals surface area contributed by atoms with Crippen LogP contribution >= 0.6 is 0 Å². The Bertz CT molecular complexity index is 352. The summed E-state index contributed by atoms with van der Waals surface area (Å²) in [5.74, 6) is -0.311. The minimum atomic E-state index is -0.519. The van der Waals surface area contributed by atoms with Crippen LogP contribution in [0.3, 0.4) is 0 Å². The van der Waals surface area contributed by atoms with E-state index in [2.05, 4.69) is 10.2 Å². The number of carbonyl (C=O) groups excluding carboxylic acids is 2. The van der Waals surface area contributed by atoms with Crippen LogP contribution in [0.1, 0.15) is 27.2 Å². The van der Waals surface area contributed by atoms with Gasteiger partial charge in [-0.05, 0) is 40.8 Å². The molecule has 1 fully saturated rings. The molecular weight excluding hydrogens is 260 g/mol. The number of likely N-dealkylation sites (tertiary alicyclic amines) is 1. The number of hydrogen-bond donors (Lipinski definition) is 1. The monoisotopic (exact) mass is 286 g/mol. The van der Waals surface area contributed by atoms with E-state index in [4.69, 9.17) is 9.47 Å². The van der Waals surface area contributed by atoms with E-state index in [-0.39, 0.29) is 17.8 Å². The number of esters is 1. The number of hydrogen-bond acceptors (Lipinski definition) is 5. The summed E-state index contributed by atoms with van der Waals surface area (Å²) in [5.41, 5.74) is -0.519. The molecule has 1 saturated heterocycles. The van der Waals surface area contributed by atoms with Crippen LogP contribution in [0.15, 0.2) is 0 Å². The number of methoxy groups -OCH3 is 1. The highest BCUT2D eigenvalue weighted by atomic mass is 16.6. The predicted octanol–water partition coefficient (Wildman–Crippen LogP) is 1.25. The number of nitrogens with one attached hydrogen (secondary N) is 1. The lowest BCUT2D eigenvalue weighted by Gasteiger charge is -2.35. The molecule has 0 aliphatic carbocycles. The summed E-state index contributed by atoms with van der Waals surface area (Å²) in [5, 5.41) is 2.74. The van der Waals surface area contributed by atoms with Crippen molar-refractivity contribution in [3.63, 3.8) is 0 Å². The third-order valence-electron chi connectivity index (χ3n) is 3.35. The first-order chi connectivity index (χ1) is 9.23. The van der Waals surface area contributed by atoms with Crippen molar-refractivity contribution in [3.8, 4) is 0 Å². The molecule has 1 amide bonds. The molecule has 1 rings (SSSR count). The third-order valence-corrected chi connectivity index (χ3v) is 3.35. The molecule has 1 N–H and O–H groups in total. The fourth-order valence-corrected chi connectivity index (χ4v) is 2.41. The predicted molar refractivity (Wildman–Crippen MR) is 75.3 cm³/mol. The topological polar surface area (TPSA) is 67.9 Å². The van der Waals surface area contributed by atoms with Crippen molar-refractivity contribution in [2.75, 3.05) is 33.8 Å². The average Bonchev–Trinajstić information content (AvgIpc) is 2.33. The Morgan fingerprint density at radius 3 is 2.55 bits per heavy atom. The molecule has 2 atom stereocenters. The average molecular weight is 286 g/mol. The summed E-state index contributed by atoms with van der Waals surface area (Å²) in [6.07, 6.45) is 0.304. The van der Waals surface area contributed by atoms with E-state index >= 15 is 0 Å². The van der Waals surface area contributed by atoms with Gasteiger partial charge in [0.15, 0.2) is 0 Å². The fraction of sp³-hybridized carbons (Fsp3) is 0.857. The minimum absolute atomic E-state index is 0.0497. The van der Waals surface area contributed by atoms with Gasteiger partial charge in [-0.15, -0.1) is 0 Å². The van der Waals surface area contributed by atoms with Crippen molar-refractivity contribution in [1.29, 1.82) is 0 Å². The third kappa shape index (κ3) is 5.36. The van der Waals surface area contributed by atoms with E-state index in [0.717, 1.165) is 19.5 Å². The number of rotatable bonds is 3. The Balaban J connectivity index is 2.53. The van der Waals surface area contributed by atoms with E-state index in [0.29, 0.717) is 6.54 Å². The van der Waals surface area contributed by atoms with Gasteiger partial charge in [-0.1, -0.05) is 0 Å². The van der Waals surface area contributed by atoms with Crippen LogP contribution in [0.4, 0.5) is 4.79 Å². The summed E-state index contributed by atoms with van der Waals surface area (Å²) < 4.78 is 10.0. The zero-order valence-corrected chi connectivity index (χ0v) is 13.1. The molecule has 116 valence electrons. The molecule has 1 aliphatic heterocycles. The van der Waals surface area contributed by atoms with E-state index in [1.165, 1.54) is 7.11 Å². The van der Waals surface area contributed by atoms with Crippen LogP contribution in [0.5, 0.6) is 0 Å². The van der Waals surface area contributed by atoms with Gasteiger partial charge < -0.3 is 19.7 Å². The lowest BCUT2D eigenvalue weighted by Crippen LogP contribution is -2.47. The number of ether oxygens (including phenoxy) is 2. The van der Waals surface area contributed by atoms with E-state index in [9.17, 15) is 9.59 Å². The van der Waals surface area contributed by atoms with Gasteiger partial charge >= 0.3 is 12.1 Å². The van der Waals surface area contributed by atoms with Crippen molar-refractivity contribution in [2.45, 2.75) is 32.8 Å². The van der Waals surface area contributed by atoms with Crippen molar-refractivity contribution in [3.05, 3.63) is 0 Å². The van der Waals surface area contributed by atoms with Crippen LogP contribution in [0.25, 0.3) is 0 Å². The van der Waals surface area contributed by atoms with Crippen LogP contribution in [0, 0.1) is 11.8 Å². The molecule has 0 radical (unpaired) electrons. The molecule has 0 aromatic heterocycles. The second-order valence-electron chi connectivity index (χ2n) is 6.32. The Hall–Kier alpha value is -1.30. The first-order valence-corrected chi connectivity index (χ1v) is 6.96. The molecule has 20 heavy (non-hydrogen) atoms. The van der Waals surface area contributed by atoms with Crippen molar-refractivity contribution < 1.29 is 19.1 Å². The van der Waals surface area contributed by atoms with Crippen LogP contribution in [-0.4, -0.2) is 56.4 Å². The van der Waals surface area contributed by atoms with Gasteiger partial charge in [0.1, 0.15) is 5.60 Å². The largest absolute Gasteiger partial charge is 0.469 e. The molecule has 1 heterocycles. The summed E-state index contributed by atoms with van der Waals surface area (Å²) >= 11 is 0. The standard InChI is InChI=1S/C14H26N2O4/c1-14(2,3)20-13(18)15-8-10-9-16(4)7-6-11(10)12(17)19-5/h10-11H,6-9H2,1-5H3,(H,15,18). The van der Waals surface area contributed by atoms with Crippen molar-refractivity contribution in [1.82, 2.24) is 10.2 Å². The zero-order valence-electron chi connectivity index (χ0n) is 13.1. The van der Waals surface area contributed by atoms with Gasteiger partial charge in [-0.25, -0.2) is 4.79 Å². The molecule has 0 saturated carbocycles. The molecule has 0 aromatic carbocycles.